The van der Waals surface area contributed by atoms with Crippen LogP contribution in [0.2, 0.25) is 0 Å². The molecule has 0 radical (unpaired) electrons. The second-order valence-corrected chi connectivity index (χ2v) is 4.46. The van der Waals surface area contributed by atoms with Gasteiger partial charge in [-0.05, 0) is 28.5 Å². The topological polar surface area (TPSA) is 50.1 Å². The molecule has 0 saturated heterocycles. The van der Waals surface area contributed by atoms with Crippen molar-refractivity contribution in [1.82, 2.24) is 15.1 Å². The number of aliphatic hydroxyl groups excluding tert-OH is 1. The summed E-state index contributed by atoms with van der Waals surface area (Å²) in [4.78, 5) is 0. The minimum atomic E-state index is -0.435. The predicted molar refractivity (Wildman–Crippen MR) is 64.2 cm³/mol. The highest BCUT2D eigenvalue weighted by atomic mass is 32.1. The van der Waals surface area contributed by atoms with Crippen LogP contribution in [0.4, 0.5) is 0 Å². The summed E-state index contributed by atoms with van der Waals surface area (Å²) in [5.74, 6) is 0. The first-order chi connectivity index (χ1) is 7.75. The predicted octanol–water partition coefficient (Wildman–Crippen LogP) is 1.30. The molecule has 0 bridgehead atoms. The Balaban J connectivity index is 1.76. The molecule has 86 valence electrons. The van der Waals surface area contributed by atoms with E-state index in [1.165, 1.54) is 0 Å². The molecule has 0 amide bonds. The Labute approximate surface area is 98.5 Å². The third-order valence-corrected chi connectivity index (χ3v) is 3.04. The Hall–Kier alpha value is -1.17. The van der Waals surface area contributed by atoms with E-state index in [1.54, 1.807) is 16.0 Å². The highest BCUT2D eigenvalue weighted by Gasteiger charge is 2.07. The monoisotopic (exact) mass is 237 g/mol. The van der Waals surface area contributed by atoms with Crippen molar-refractivity contribution in [1.29, 1.82) is 0 Å². The van der Waals surface area contributed by atoms with Crippen molar-refractivity contribution in [3.05, 3.63) is 40.3 Å². The van der Waals surface area contributed by atoms with Gasteiger partial charge in [0.05, 0.1) is 11.8 Å². The van der Waals surface area contributed by atoms with Gasteiger partial charge in [0.2, 0.25) is 0 Å². The van der Waals surface area contributed by atoms with E-state index >= 15 is 0 Å². The van der Waals surface area contributed by atoms with Crippen LogP contribution >= 0.6 is 11.3 Å². The molecule has 2 aromatic heterocycles. The van der Waals surface area contributed by atoms with E-state index in [-0.39, 0.29) is 0 Å². The van der Waals surface area contributed by atoms with Gasteiger partial charge in [-0.2, -0.15) is 16.4 Å². The number of hydrogen-bond donors (Lipinski definition) is 2. The second-order valence-electron chi connectivity index (χ2n) is 3.68. The first-order valence-electron chi connectivity index (χ1n) is 5.15. The summed E-state index contributed by atoms with van der Waals surface area (Å²) in [6.45, 7) is 1.23. The SMILES string of the molecule is Cn1ccc(CNCC(O)c2ccsc2)n1. The highest BCUT2D eigenvalue weighted by molar-refractivity contribution is 7.07. The molecule has 2 heterocycles. The fraction of sp³-hybridized carbons (Fsp3) is 0.364. The summed E-state index contributed by atoms with van der Waals surface area (Å²) in [6.07, 6.45) is 1.47. The lowest BCUT2D eigenvalue weighted by Gasteiger charge is -2.09. The molecule has 0 fully saturated rings. The van der Waals surface area contributed by atoms with Crippen molar-refractivity contribution in [3.8, 4) is 0 Å². The molecule has 1 atom stereocenters. The van der Waals surface area contributed by atoms with E-state index in [4.69, 9.17) is 0 Å². The number of nitrogens with zero attached hydrogens (tertiary/aromatic N) is 2. The van der Waals surface area contributed by atoms with Gasteiger partial charge in [-0.3, -0.25) is 4.68 Å². The molecule has 2 rings (SSSR count). The summed E-state index contributed by atoms with van der Waals surface area (Å²) in [5.41, 5.74) is 1.96. The normalized spacial score (nSPS) is 12.9. The van der Waals surface area contributed by atoms with Gasteiger partial charge < -0.3 is 10.4 Å². The number of nitrogens with one attached hydrogen (secondary N) is 1. The van der Waals surface area contributed by atoms with Crippen LogP contribution in [0.5, 0.6) is 0 Å². The molecule has 0 aromatic carbocycles. The molecule has 2 N–H and O–H groups in total. The third-order valence-electron chi connectivity index (χ3n) is 2.34. The van der Waals surface area contributed by atoms with Crippen LogP contribution in [-0.2, 0) is 13.6 Å². The summed E-state index contributed by atoms with van der Waals surface area (Å²) in [5, 5.41) is 21.2. The van der Waals surface area contributed by atoms with Crippen LogP contribution < -0.4 is 5.32 Å². The molecule has 0 saturated carbocycles. The van der Waals surface area contributed by atoms with Crippen LogP contribution in [0.15, 0.2) is 29.1 Å². The maximum atomic E-state index is 9.81. The maximum absolute atomic E-state index is 9.81. The van der Waals surface area contributed by atoms with Gasteiger partial charge in [0, 0.05) is 26.3 Å². The molecule has 16 heavy (non-hydrogen) atoms. The molecule has 0 spiro atoms. The minimum absolute atomic E-state index is 0.435. The van der Waals surface area contributed by atoms with Gasteiger partial charge in [-0.1, -0.05) is 0 Å². The fourth-order valence-electron chi connectivity index (χ4n) is 1.48. The van der Waals surface area contributed by atoms with E-state index < -0.39 is 6.10 Å². The van der Waals surface area contributed by atoms with Crippen molar-refractivity contribution in [2.45, 2.75) is 12.6 Å². The molecular formula is C11H15N3OS. The zero-order valence-electron chi connectivity index (χ0n) is 9.13. The zero-order valence-corrected chi connectivity index (χ0v) is 9.94. The Morgan fingerprint density at radius 2 is 2.44 bits per heavy atom. The standard InChI is InChI=1S/C11H15N3OS/c1-14-4-2-10(13-14)6-12-7-11(15)9-3-5-16-8-9/h2-5,8,11-12,15H,6-7H2,1H3. The summed E-state index contributed by atoms with van der Waals surface area (Å²) < 4.78 is 1.77. The van der Waals surface area contributed by atoms with E-state index in [0.29, 0.717) is 13.1 Å². The lowest BCUT2D eigenvalue weighted by Crippen LogP contribution is -2.21. The third kappa shape index (κ3) is 2.91. The van der Waals surface area contributed by atoms with Gasteiger partial charge in [-0.15, -0.1) is 0 Å². The van der Waals surface area contributed by atoms with Gasteiger partial charge in [0.25, 0.3) is 0 Å². The minimum Gasteiger partial charge on any atom is -0.387 e. The maximum Gasteiger partial charge on any atom is 0.0922 e. The van der Waals surface area contributed by atoms with E-state index in [9.17, 15) is 5.11 Å². The molecule has 0 aliphatic heterocycles. The average molecular weight is 237 g/mol. The van der Waals surface area contributed by atoms with Crippen LogP contribution in [0.3, 0.4) is 0 Å². The largest absolute Gasteiger partial charge is 0.387 e. The number of rotatable bonds is 5. The van der Waals surface area contributed by atoms with Crippen LogP contribution in [0.25, 0.3) is 0 Å². The van der Waals surface area contributed by atoms with Crippen molar-refractivity contribution < 1.29 is 5.11 Å². The number of aryl methyl sites for hydroxylation is 1. The molecule has 5 heteroatoms. The van der Waals surface area contributed by atoms with Crippen molar-refractivity contribution >= 4 is 11.3 Å². The molecule has 4 nitrogen and oxygen atoms in total. The number of aliphatic hydroxyl groups is 1. The first-order valence-corrected chi connectivity index (χ1v) is 6.09. The molecule has 2 aromatic rings. The fourth-order valence-corrected chi connectivity index (χ4v) is 2.18. The zero-order chi connectivity index (χ0) is 11.4. The Morgan fingerprint density at radius 1 is 1.56 bits per heavy atom. The first kappa shape index (κ1) is 11.3. The lowest BCUT2D eigenvalue weighted by atomic mass is 10.2. The summed E-state index contributed by atoms with van der Waals surface area (Å²) >= 11 is 1.60. The Kier molecular flexibility index (Phi) is 3.71. The van der Waals surface area contributed by atoms with E-state index in [0.717, 1.165) is 11.3 Å². The molecule has 0 aliphatic rings. The van der Waals surface area contributed by atoms with E-state index in [2.05, 4.69) is 10.4 Å². The van der Waals surface area contributed by atoms with Crippen LogP contribution in [0.1, 0.15) is 17.4 Å². The van der Waals surface area contributed by atoms with E-state index in [1.807, 2.05) is 36.1 Å². The Morgan fingerprint density at radius 3 is 3.06 bits per heavy atom. The number of aromatic nitrogens is 2. The quantitative estimate of drug-likeness (QED) is 0.824. The second kappa shape index (κ2) is 5.25. The van der Waals surface area contributed by atoms with Crippen LogP contribution in [-0.4, -0.2) is 21.4 Å². The summed E-state index contributed by atoms with van der Waals surface area (Å²) in [7, 11) is 1.89. The lowest BCUT2D eigenvalue weighted by molar-refractivity contribution is 0.174. The van der Waals surface area contributed by atoms with Crippen molar-refractivity contribution in [2.75, 3.05) is 6.54 Å². The van der Waals surface area contributed by atoms with Gasteiger partial charge in [-0.25, -0.2) is 0 Å². The number of hydrogen-bond acceptors (Lipinski definition) is 4. The van der Waals surface area contributed by atoms with Gasteiger partial charge in [0.15, 0.2) is 0 Å². The number of thiophene rings is 1. The van der Waals surface area contributed by atoms with Gasteiger partial charge in [0.1, 0.15) is 0 Å². The van der Waals surface area contributed by atoms with Gasteiger partial charge >= 0.3 is 0 Å². The smallest absolute Gasteiger partial charge is 0.0922 e. The van der Waals surface area contributed by atoms with Crippen molar-refractivity contribution in [3.63, 3.8) is 0 Å². The molecule has 0 aliphatic carbocycles. The van der Waals surface area contributed by atoms with Crippen LogP contribution in [0, 0.1) is 0 Å². The molecular weight excluding hydrogens is 222 g/mol. The summed E-state index contributed by atoms with van der Waals surface area (Å²) in [6, 6.07) is 3.90. The Bertz CT molecular complexity index is 424. The molecule has 1 unspecified atom stereocenters. The average Bonchev–Trinajstić information content (AvgIpc) is 2.89. The highest BCUT2D eigenvalue weighted by Crippen LogP contribution is 2.15. The van der Waals surface area contributed by atoms with Crippen molar-refractivity contribution in [2.24, 2.45) is 7.05 Å².